The number of unbranched alkanes of at least 4 members (excludes halogenated alkanes) is 1. The Morgan fingerprint density at radius 1 is 1.50 bits per heavy atom. The van der Waals surface area contributed by atoms with Crippen molar-refractivity contribution in [3.8, 4) is 6.07 Å². The van der Waals surface area contributed by atoms with Gasteiger partial charge in [0.05, 0.1) is 10.6 Å². The van der Waals surface area contributed by atoms with E-state index in [2.05, 4.69) is 25.2 Å². The molecule has 0 aliphatic carbocycles. The fraction of sp³-hybridized carbons (Fsp3) is 0.462. The lowest BCUT2D eigenvalue weighted by molar-refractivity contribution is 0.645. The Morgan fingerprint density at radius 3 is 2.81 bits per heavy atom. The number of hydrogen-bond acceptors (Lipinski definition) is 2. The maximum atomic E-state index is 8.75. The molecule has 3 heteroatoms. The fourth-order valence-corrected chi connectivity index (χ4v) is 1.79. The summed E-state index contributed by atoms with van der Waals surface area (Å²) >= 11 is 5.95. The van der Waals surface area contributed by atoms with Crippen molar-refractivity contribution in [3.05, 3.63) is 28.8 Å². The first-order chi connectivity index (χ1) is 7.67. The van der Waals surface area contributed by atoms with Crippen molar-refractivity contribution in [1.29, 1.82) is 5.26 Å². The Kier molecular flexibility index (Phi) is 5.14. The van der Waals surface area contributed by atoms with Crippen LogP contribution in [0.4, 0.5) is 5.69 Å². The maximum absolute atomic E-state index is 8.75. The first-order valence-electron chi connectivity index (χ1n) is 5.63. The molecule has 16 heavy (non-hydrogen) atoms. The molecular formula is C13H17ClN2. The standard InChI is InChI=1S/C13H17ClN2/c1-3-4-5-10(2)16-12-7-6-11(9-15)13(14)8-12/h6-8,10,16H,3-5H2,1-2H3. The highest BCUT2D eigenvalue weighted by Gasteiger charge is 2.04. The molecule has 1 aromatic rings. The van der Waals surface area contributed by atoms with Crippen molar-refractivity contribution >= 4 is 17.3 Å². The molecule has 1 atom stereocenters. The van der Waals surface area contributed by atoms with Crippen LogP contribution in [-0.2, 0) is 0 Å². The minimum absolute atomic E-state index is 0.434. The van der Waals surface area contributed by atoms with Crippen LogP contribution in [0, 0.1) is 11.3 Å². The van der Waals surface area contributed by atoms with Gasteiger partial charge in [-0.05, 0) is 31.5 Å². The first kappa shape index (κ1) is 12.9. The second-order valence-corrected chi connectivity index (χ2v) is 4.40. The summed E-state index contributed by atoms with van der Waals surface area (Å²) in [6.07, 6.45) is 3.58. The predicted octanol–water partition coefficient (Wildman–Crippen LogP) is 4.20. The number of anilines is 1. The molecule has 2 nitrogen and oxygen atoms in total. The van der Waals surface area contributed by atoms with Crippen molar-refractivity contribution < 1.29 is 0 Å². The molecule has 86 valence electrons. The minimum atomic E-state index is 0.434. The summed E-state index contributed by atoms with van der Waals surface area (Å²) in [6, 6.07) is 7.94. The zero-order valence-electron chi connectivity index (χ0n) is 9.76. The topological polar surface area (TPSA) is 35.8 Å². The van der Waals surface area contributed by atoms with Gasteiger partial charge in [-0.3, -0.25) is 0 Å². The summed E-state index contributed by atoms with van der Waals surface area (Å²) < 4.78 is 0. The average Bonchev–Trinajstić information content (AvgIpc) is 2.26. The SMILES string of the molecule is CCCCC(C)Nc1ccc(C#N)c(Cl)c1. The predicted molar refractivity (Wildman–Crippen MR) is 68.8 cm³/mol. The van der Waals surface area contributed by atoms with E-state index in [0.29, 0.717) is 16.6 Å². The molecule has 1 unspecified atom stereocenters. The summed E-state index contributed by atoms with van der Waals surface area (Å²) in [7, 11) is 0. The maximum Gasteiger partial charge on any atom is 0.101 e. The molecule has 0 radical (unpaired) electrons. The van der Waals surface area contributed by atoms with Gasteiger partial charge in [-0.2, -0.15) is 5.26 Å². The lowest BCUT2D eigenvalue weighted by atomic mass is 10.1. The van der Waals surface area contributed by atoms with Crippen LogP contribution in [0.25, 0.3) is 0 Å². The van der Waals surface area contributed by atoms with Crippen LogP contribution in [-0.4, -0.2) is 6.04 Å². The first-order valence-corrected chi connectivity index (χ1v) is 6.01. The van der Waals surface area contributed by atoms with E-state index in [1.54, 1.807) is 6.07 Å². The lowest BCUT2D eigenvalue weighted by Crippen LogP contribution is -2.14. The van der Waals surface area contributed by atoms with E-state index in [9.17, 15) is 0 Å². The quantitative estimate of drug-likeness (QED) is 0.832. The molecule has 0 amide bonds. The van der Waals surface area contributed by atoms with Crippen molar-refractivity contribution in [2.75, 3.05) is 5.32 Å². The average molecular weight is 237 g/mol. The van der Waals surface area contributed by atoms with Crippen LogP contribution in [0.2, 0.25) is 5.02 Å². The normalized spacial score (nSPS) is 11.9. The summed E-state index contributed by atoms with van der Waals surface area (Å²) in [5.41, 5.74) is 1.50. The smallest absolute Gasteiger partial charge is 0.101 e. The lowest BCUT2D eigenvalue weighted by Gasteiger charge is -2.15. The minimum Gasteiger partial charge on any atom is -0.383 e. The zero-order valence-corrected chi connectivity index (χ0v) is 10.5. The molecule has 0 aromatic heterocycles. The Labute approximate surface area is 102 Å². The van der Waals surface area contributed by atoms with Crippen LogP contribution >= 0.6 is 11.6 Å². The Bertz CT molecular complexity index is 382. The number of nitrogens with zero attached hydrogens (tertiary/aromatic N) is 1. The molecule has 1 rings (SSSR count). The third-order valence-electron chi connectivity index (χ3n) is 2.49. The van der Waals surface area contributed by atoms with Gasteiger partial charge in [-0.15, -0.1) is 0 Å². The zero-order chi connectivity index (χ0) is 12.0. The summed E-state index contributed by atoms with van der Waals surface area (Å²) in [6.45, 7) is 4.34. The molecule has 0 aliphatic rings. The molecule has 0 fully saturated rings. The molecule has 0 saturated carbocycles. The number of nitriles is 1. The Balaban J connectivity index is 2.61. The summed E-state index contributed by atoms with van der Waals surface area (Å²) in [4.78, 5) is 0. The Morgan fingerprint density at radius 2 is 2.25 bits per heavy atom. The highest BCUT2D eigenvalue weighted by atomic mass is 35.5. The van der Waals surface area contributed by atoms with Crippen molar-refractivity contribution in [1.82, 2.24) is 0 Å². The highest BCUT2D eigenvalue weighted by Crippen LogP contribution is 2.21. The highest BCUT2D eigenvalue weighted by molar-refractivity contribution is 6.32. The number of rotatable bonds is 5. The number of halogens is 1. The molecule has 0 spiro atoms. The van der Waals surface area contributed by atoms with Gasteiger partial charge in [0, 0.05) is 11.7 Å². The van der Waals surface area contributed by atoms with E-state index in [1.807, 2.05) is 12.1 Å². The van der Waals surface area contributed by atoms with Gasteiger partial charge in [0.1, 0.15) is 6.07 Å². The van der Waals surface area contributed by atoms with Gasteiger partial charge in [-0.1, -0.05) is 31.4 Å². The van der Waals surface area contributed by atoms with E-state index in [1.165, 1.54) is 12.8 Å². The molecule has 1 N–H and O–H groups in total. The van der Waals surface area contributed by atoms with Gasteiger partial charge < -0.3 is 5.32 Å². The fourth-order valence-electron chi connectivity index (χ4n) is 1.56. The van der Waals surface area contributed by atoms with Crippen molar-refractivity contribution in [2.45, 2.75) is 39.2 Å². The van der Waals surface area contributed by atoms with Crippen LogP contribution in [0.15, 0.2) is 18.2 Å². The second-order valence-electron chi connectivity index (χ2n) is 3.99. The van der Waals surface area contributed by atoms with E-state index < -0.39 is 0 Å². The molecule has 0 saturated heterocycles. The Hall–Kier alpha value is -1.20. The van der Waals surface area contributed by atoms with Crippen molar-refractivity contribution in [2.24, 2.45) is 0 Å². The molecule has 0 heterocycles. The van der Waals surface area contributed by atoms with Crippen LogP contribution < -0.4 is 5.32 Å². The van der Waals surface area contributed by atoms with E-state index in [0.717, 1.165) is 12.1 Å². The molecule has 0 bridgehead atoms. The van der Waals surface area contributed by atoms with Crippen LogP contribution in [0.1, 0.15) is 38.7 Å². The van der Waals surface area contributed by atoms with E-state index >= 15 is 0 Å². The van der Waals surface area contributed by atoms with Gasteiger partial charge in [0.2, 0.25) is 0 Å². The van der Waals surface area contributed by atoms with Gasteiger partial charge in [-0.25, -0.2) is 0 Å². The van der Waals surface area contributed by atoms with Gasteiger partial charge >= 0.3 is 0 Å². The van der Waals surface area contributed by atoms with E-state index in [4.69, 9.17) is 16.9 Å². The monoisotopic (exact) mass is 236 g/mol. The third kappa shape index (κ3) is 3.75. The number of nitrogens with one attached hydrogen (secondary N) is 1. The second kappa shape index (κ2) is 6.40. The largest absolute Gasteiger partial charge is 0.383 e. The van der Waals surface area contributed by atoms with Crippen LogP contribution in [0.3, 0.4) is 0 Å². The number of hydrogen-bond donors (Lipinski definition) is 1. The summed E-state index contributed by atoms with van der Waals surface area (Å²) in [5, 5.41) is 12.6. The number of benzene rings is 1. The molecular weight excluding hydrogens is 220 g/mol. The van der Waals surface area contributed by atoms with Gasteiger partial charge in [0.25, 0.3) is 0 Å². The summed E-state index contributed by atoms with van der Waals surface area (Å²) in [5.74, 6) is 0. The van der Waals surface area contributed by atoms with Crippen molar-refractivity contribution in [3.63, 3.8) is 0 Å². The third-order valence-corrected chi connectivity index (χ3v) is 2.81. The molecule has 0 aliphatic heterocycles. The van der Waals surface area contributed by atoms with Crippen LogP contribution in [0.5, 0.6) is 0 Å². The van der Waals surface area contributed by atoms with E-state index in [-0.39, 0.29) is 0 Å². The van der Waals surface area contributed by atoms with Gasteiger partial charge in [0.15, 0.2) is 0 Å². The molecule has 1 aromatic carbocycles.